The molecule has 1 aliphatic heterocycles. The highest BCUT2D eigenvalue weighted by molar-refractivity contribution is 7.48. The Hall–Kier alpha value is -4.48. The van der Waals surface area contributed by atoms with E-state index < -0.39 is 49.9 Å². The van der Waals surface area contributed by atoms with Gasteiger partial charge in [0.1, 0.15) is 18.3 Å². The van der Waals surface area contributed by atoms with Gasteiger partial charge in [0.25, 0.3) is 0 Å². The van der Waals surface area contributed by atoms with Crippen LogP contribution in [0.1, 0.15) is 48.6 Å². The van der Waals surface area contributed by atoms with Gasteiger partial charge >= 0.3 is 13.8 Å². The van der Waals surface area contributed by atoms with Gasteiger partial charge < -0.3 is 23.7 Å². The van der Waals surface area contributed by atoms with Crippen LogP contribution < -0.4 is 0 Å². The topological polar surface area (TPSA) is 108 Å². The molecule has 0 aromatic heterocycles. The molecule has 0 aliphatic carbocycles. The van der Waals surface area contributed by atoms with E-state index in [0.29, 0.717) is 0 Å². The molecule has 1 heterocycles. The molecule has 10 nitrogen and oxygen atoms in total. The molecule has 0 spiro atoms. The van der Waals surface area contributed by atoms with Crippen molar-refractivity contribution in [2.45, 2.75) is 84.5 Å². The van der Waals surface area contributed by atoms with Gasteiger partial charge in [-0.2, -0.15) is 0 Å². The highest BCUT2D eigenvalue weighted by atomic mass is 31.2. The Morgan fingerprint density at radius 2 is 0.930 bits per heavy atom. The number of phosphoric ester groups is 1. The van der Waals surface area contributed by atoms with Gasteiger partial charge in [-0.3, -0.25) is 18.4 Å². The average molecular weight is 795 g/mol. The molecule has 57 heavy (non-hydrogen) atoms. The summed E-state index contributed by atoms with van der Waals surface area (Å²) in [7, 11) is -4.48. The Morgan fingerprint density at radius 1 is 0.544 bits per heavy atom. The molecule has 0 N–H and O–H groups in total. The van der Waals surface area contributed by atoms with E-state index in [1.165, 1.54) is 0 Å². The maximum atomic E-state index is 14.8. The molecule has 300 valence electrons. The fraction of sp³-hybridized carbons (Fsp3) is 0.326. The lowest BCUT2D eigenvalue weighted by molar-refractivity contribution is -0.307. The number of rotatable bonds is 19. The van der Waals surface area contributed by atoms with Crippen molar-refractivity contribution in [1.29, 1.82) is 0 Å². The van der Waals surface area contributed by atoms with Crippen LogP contribution in [-0.2, 0) is 79.6 Å². The normalized spacial score (nSPS) is 19.9. The fourth-order valence-electron chi connectivity index (χ4n) is 6.00. The minimum atomic E-state index is -4.48. The van der Waals surface area contributed by atoms with Crippen molar-refractivity contribution < 1.29 is 46.6 Å². The summed E-state index contributed by atoms with van der Waals surface area (Å²) in [4.78, 5) is 13.8. The van der Waals surface area contributed by atoms with Crippen LogP contribution in [0.5, 0.6) is 0 Å². The van der Waals surface area contributed by atoms with E-state index >= 15 is 0 Å². The molecule has 11 heteroatoms. The van der Waals surface area contributed by atoms with Gasteiger partial charge in [-0.05, 0) is 48.6 Å². The second-order valence-corrected chi connectivity index (χ2v) is 16.4. The molecule has 0 radical (unpaired) electrons. The van der Waals surface area contributed by atoms with Crippen molar-refractivity contribution in [1.82, 2.24) is 0 Å². The van der Waals surface area contributed by atoms with Crippen LogP contribution in [0.2, 0.25) is 0 Å². The van der Waals surface area contributed by atoms with Gasteiger partial charge in [0.2, 0.25) is 6.29 Å². The van der Waals surface area contributed by atoms with E-state index in [2.05, 4.69) is 0 Å². The van der Waals surface area contributed by atoms with Crippen molar-refractivity contribution in [3.05, 3.63) is 179 Å². The Labute approximate surface area is 335 Å². The smallest absolute Gasteiger partial charge is 0.454 e. The van der Waals surface area contributed by atoms with E-state index in [1.54, 1.807) is 20.8 Å². The lowest BCUT2D eigenvalue weighted by Crippen LogP contribution is -2.62. The SMILES string of the molecule is CC(C)(C)C(=O)O[C@H]1[C@@H](OP(=O)(OCc2ccccc2)OCc2ccccc2)O[C@H](COCc2ccccc2)[C@@H](OCc2ccccc2)[C@@H]1OCc1ccccc1. The summed E-state index contributed by atoms with van der Waals surface area (Å²) in [6.07, 6.45) is -5.50. The molecule has 5 aromatic carbocycles. The van der Waals surface area contributed by atoms with Crippen LogP contribution in [0.4, 0.5) is 0 Å². The summed E-state index contributed by atoms with van der Waals surface area (Å²) in [5, 5.41) is 0. The van der Waals surface area contributed by atoms with Crippen LogP contribution in [0.15, 0.2) is 152 Å². The molecule has 0 bridgehead atoms. The Balaban J connectivity index is 1.37. The van der Waals surface area contributed by atoms with Gasteiger partial charge in [0.05, 0.1) is 45.1 Å². The van der Waals surface area contributed by atoms with Gasteiger partial charge in [-0.1, -0.05) is 152 Å². The molecule has 0 amide bonds. The number of carbonyl (C=O) groups is 1. The number of esters is 1. The second kappa shape index (κ2) is 20.8. The maximum absolute atomic E-state index is 14.8. The largest absolute Gasteiger partial charge is 0.477 e. The summed E-state index contributed by atoms with van der Waals surface area (Å²) < 4.78 is 65.8. The summed E-state index contributed by atoms with van der Waals surface area (Å²) in [5.41, 5.74) is 3.32. The maximum Gasteiger partial charge on any atom is 0.477 e. The number of ether oxygens (including phenoxy) is 5. The molecule has 1 aliphatic rings. The monoisotopic (exact) mass is 794 g/mol. The third-order valence-electron chi connectivity index (χ3n) is 9.11. The summed E-state index contributed by atoms with van der Waals surface area (Å²) in [6.45, 7) is 5.70. The zero-order valence-electron chi connectivity index (χ0n) is 32.6. The van der Waals surface area contributed by atoms with E-state index in [-0.39, 0.29) is 39.6 Å². The summed E-state index contributed by atoms with van der Waals surface area (Å²) in [6, 6.07) is 47.6. The minimum Gasteiger partial charge on any atom is -0.454 e. The summed E-state index contributed by atoms with van der Waals surface area (Å²) >= 11 is 0. The third-order valence-corrected chi connectivity index (χ3v) is 10.5. The van der Waals surface area contributed by atoms with Gasteiger partial charge in [-0.15, -0.1) is 0 Å². The first kappa shape index (κ1) is 42.1. The molecule has 0 saturated carbocycles. The standard InChI is InChI=1S/C46H51O10P/c1-46(2,3)45(47)55-43-42(51-31-37-23-13-6-14-24-37)41(50-30-36-21-11-5-12-22-36)40(34-49-29-35-19-9-4-10-20-35)54-44(43)56-57(48,52-32-38-25-15-7-16-26-38)53-33-39-27-17-8-18-28-39/h4-28,40-44H,29-34H2,1-3H3/t40-,41-,42+,43-,44-/m1/s1. The highest BCUT2D eigenvalue weighted by Crippen LogP contribution is 2.54. The van der Waals surface area contributed by atoms with Crippen LogP contribution in [0.25, 0.3) is 0 Å². The van der Waals surface area contributed by atoms with Gasteiger partial charge in [0.15, 0.2) is 6.10 Å². The lowest BCUT2D eigenvalue weighted by atomic mass is 9.95. The Kier molecular flexibility index (Phi) is 15.4. The van der Waals surface area contributed by atoms with Crippen molar-refractivity contribution >= 4 is 13.8 Å². The number of carbonyl (C=O) groups excluding carboxylic acids is 1. The minimum absolute atomic E-state index is 0.0272. The van der Waals surface area contributed by atoms with Crippen molar-refractivity contribution in [3.63, 3.8) is 0 Å². The molecule has 5 aromatic rings. The zero-order chi connectivity index (χ0) is 39.9. The molecule has 0 unspecified atom stereocenters. The first-order valence-electron chi connectivity index (χ1n) is 19.1. The van der Waals surface area contributed by atoms with E-state index in [4.69, 9.17) is 37.3 Å². The Bertz CT molecular complexity index is 1910. The molecule has 1 fully saturated rings. The quantitative estimate of drug-likeness (QED) is 0.0593. The number of hydrogen-bond donors (Lipinski definition) is 0. The predicted molar refractivity (Wildman–Crippen MR) is 215 cm³/mol. The van der Waals surface area contributed by atoms with Gasteiger partial charge in [-0.25, -0.2) is 4.57 Å². The number of hydrogen-bond acceptors (Lipinski definition) is 10. The van der Waals surface area contributed by atoms with Crippen molar-refractivity contribution in [2.75, 3.05) is 6.61 Å². The highest BCUT2D eigenvalue weighted by Gasteiger charge is 2.53. The molecule has 1 saturated heterocycles. The van der Waals surface area contributed by atoms with Crippen LogP contribution in [0.3, 0.4) is 0 Å². The molecule has 6 rings (SSSR count). The van der Waals surface area contributed by atoms with Gasteiger partial charge in [0, 0.05) is 0 Å². The van der Waals surface area contributed by atoms with Crippen molar-refractivity contribution in [2.24, 2.45) is 5.41 Å². The van der Waals surface area contributed by atoms with Crippen LogP contribution in [0, 0.1) is 5.41 Å². The fourth-order valence-corrected chi connectivity index (χ4v) is 7.23. The third kappa shape index (κ3) is 13.0. The average Bonchev–Trinajstić information content (AvgIpc) is 3.23. The van der Waals surface area contributed by atoms with E-state index in [9.17, 15) is 9.36 Å². The number of benzene rings is 5. The predicted octanol–water partition coefficient (Wildman–Crippen LogP) is 9.62. The molecule has 5 atom stereocenters. The lowest BCUT2D eigenvalue weighted by Gasteiger charge is -2.46. The van der Waals surface area contributed by atoms with Crippen LogP contribution >= 0.6 is 7.82 Å². The molecular weight excluding hydrogens is 743 g/mol. The van der Waals surface area contributed by atoms with E-state index in [1.807, 2.05) is 152 Å². The zero-order valence-corrected chi connectivity index (χ0v) is 33.5. The number of phosphoric acid groups is 1. The first-order valence-corrected chi connectivity index (χ1v) is 20.6. The van der Waals surface area contributed by atoms with Crippen molar-refractivity contribution in [3.8, 4) is 0 Å². The molecular formula is C46H51O10P. The Morgan fingerprint density at radius 3 is 1.35 bits per heavy atom. The second-order valence-electron chi connectivity index (χ2n) is 14.8. The van der Waals surface area contributed by atoms with Crippen LogP contribution in [-0.4, -0.2) is 43.3 Å². The first-order chi connectivity index (χ1) is 27.6. The van der Waals surface area contributed by atoms with E-state index in [0.717, 1.165) is 27.8 Å². The summed E-state index contributed by atoms with van der Waals surface area (Å²) in [5.74, 6) is -0.552.